The first-order valence-corrected chi connectivity index (χ1v) is 18.6. The van der Waals surface area contributed by atoms with Crippen molar-refractivity contribution < 1.29 is 24.2 Å². The van der Waals surface area contributed by atoms with Gasteiger partial charge in [0.25, 0.3) is 0 Å². The van der Waals surface area contributed by atoms with Gasteiger partial charge in [0.2, 0.25) is 0 Å². The second-order valence-corrected chi connectivity index (χ2v) is 14.7. The third-order valence-corrected chi connectivity index (χ3v) is 11.6. The number of rotatable bonds is 12. The molecule has 3 aromatic heterocycles. The van der Waals surface area contributed by atoms with Crippen LogP contribution in [0.25, 0.3) is 22.0 Å². The predicted molar refractivity (Wildman–Crippen MR) is 194 cm³/mol. The Balaban J connectivity index is 1.24. The quantitative estimate of drug-likeness (QED) is 0.105. The summed E-state index contributed by atoms with van der Waals surface area (Å²) in [7, 11) is 6.58. The van der Waals surface area contributed by atoms with Gasteiger partial charge in [0.05, 0.1) is 32.0 Å². The number of aryl methyl sites for hydroxylation is 5. The maximum Gasteiger partial charge on any atom is 0.354 e. The minimum atomic E-state index is -0.488. The van der Waals surface area contributed by atoms with Crippen molar-refractivity contribution in [3.05, 3.63) is 80.5 Å². The molecule has 1 aliphatic rings. The number of fused-ring (bicyclic) bond motifs is 2. The topological polar surface area (TPSA) is 113 Å². The van der Waals surface area contributed by atoms with Gasteiger partial charge in [-0.2, -0.15) is 10.2 Å². The number of nitrogens with zero attached hydrogens (tertiary/aromatic N) is 5. The van der Waals surface area contributed by atoms with Crippen LogP contribution in [0, 0.1) is 13.8 Å². The largest absolute Gasteiger partial charge is 0.508 e. The van der Waals surface area contributed by atoms with Gasteiger partial charge in [0.15, 0.2) is 0 Å². The van der Waals surface area contributed by atoms with Gasteiger partial charge in [-0.05, 0) is 80.1 Å². The highest BCUT2D eigenvalue weighted by molar-refractivity contribution is 7.98. The molecule has 0 atom stereocenters. The van der Waals surface area contributed by atoms with Gasteiger partial charge in [-0.15, -0.1) is 23.5 Å². The number of benzene rings is 2. The molecule has 1 N–H and O–H groups in total. The van der Waals surface area contributed by atoms with Crippen LogP contribution < -0.4 is 0 Å². The van der Waals surface area contributed by atoms with Crippen molar-refractivity contribution in [3.8, 4) is 16.9 Å². The number of methoxy groups -OCH3 is 2. The van der Waals surface area contributed by atoms with Gasteiger partial charge in [-0.25, -0.2) is 4.79 Å². The first kappa shape index (κ1) is 35.0. The van der Waals surface area contributed by atoms with Crippen molar-refractivity contribution in [3.63, 3.8) is 0 Å². The molecule has 0 amide bonds. The van der Waals surface area contributed by atoms with E-state index in [1.54, 1.807) is 23.5 Å². The number of carbonyl (C=O) groups excluding carboxylic acids is 2. The lowest BCUT2D eigenvalue weighted by atomic mass is 9.97. The number of aromatic nitrogens is 5. The molecular formula is C36H40ClN5O5S2. The molecule has 3 heterocycles. The van der Waals surface area contributed by atoms with E-state index in [0.29, 0.717) is 28.0 Å². The summed E-state index contributed by atoms with van der Waals surface area (Å²) in [6, 6.07) is 9.95. The number of hydrogen-bond donors (Lipinski definition) is 1. The SMILES string of the molecule is COC(=O)CCn1c(C(=O)OC)c(C)c2c(-c3c(CSCc4cc(CSc5cc(O)c6c(c5)CCC6)n(C)n4)nn(C)c3C)c(Cl)ccc21. The Kier molecular flexibility index (Phi) is 10.4. The van der Waals surface area contributed by atoms with E-state index in [4.69, 9.17) is 31.3 Å². The smallest absolute Gasteiger partial charge is 0.354 e. The average Bonchev–Trinajstić information content (AvgIpc) is 3.83. The molecule has 0 aliphatic heterocycles. The summed E-state index contributed by atoms with van der Waals surface area (Å²) in [6.07, 6.45) is 3.19. The number of phenols is 1. The molecule has 5 aromatic rings. The predicted octanol–water partition coefficient (Wildman–Crippen LogP) is 7.32. The standard InChI is InChI=1S/C36H40ClN5O5S2/c1-20-32-29(42(13-12-31(44)46-5)35(20)36(45)47-6)11-10-27(37)34(32)33-21(2)40(3)39-28(33)19-48-17-23-15-24(41(4)38-23)18-49-25-14-22-8-7-9-26(22)30(43)16-25/h10-11,14-16,43H,7-9,12-13,17-19H2,1-6H3. The third kappa shape index (κ3) is 6.82. The Bertz CT molecular complexity index is 2080. The summed E-state index contributed by atoms with van der Waals surface area (Å²) in [4.78, 5) is 26.2. The number of esters is 2. The third-order valence-electron chi connectivity index (χ3n) is 9.29. The minimum absolute atomic E-state index is 0.0982. The zero-order chi connectivity index (χ0) is 35.0. The van der Waals surface area contributed by atoms with Crippen LogP contribution in [0.5, 0.6) is 5.75 Å². The lowest BCUT2D eigenvalue weighted by Crippen LogP contribution is -2.14. The number of hydrogen-bond acceptors (Lipinski definition) is 9. The van der Waals surface area contributed by atoms with Crippen molar-refractivity contribution in [2.24, 2.45) is 14.1 Å². The van der Waals surface area contributed by atoms with E-state index >= 15 is 0 Å². The molecule has 0 unspecified atom stereocenters. The number of carbonyl (C=O) groups is 2. The molecule has 0 bridgehead atoms. The Morgan fingerprint density at radius 3 is 2.53 bits per heavy atom. The highest BCUT2D eigenvalue weighted by Crippen LogP contribution is 2.43. The van der Waals surface area contributed by atoms with Crippen LogP contribution in [0.2, 0.25) is 5.02 Å². The molecule has 1 aliphatic carbocycles. The lowest BCUT2D eigenvalue weighted by molar-refractivity contribution is -0.140. The highest BCUT2D eigenvalue weighted by atomic mass is 35.5. The molecule has 49 heavy (non-hydrogen) atoms. The van der Waals surface area contributed by atoms with Gasteiger partial charge in [0.1, 0.15) is 11.4 Å². The molecule has 0 saturated heterocycles. The van der Waals surface area contributed by atoms with Crippen LogP contribution in [0.3, 0.4) is 0 Å². The fourth-order valence-electron chi connectivity index (χ4n) is 6.78. The van der Waals surface area contributed by atoms with Crippen LogP contribution in [0.1, 0.15) is 62.8 Å². The fourth-order valence-corrected chi connectivity index (χ4v) is 8.89. The Morgan fingerprint density at radius 2 is 1.78 bits per heavy atom. The minimum Gasteiger partial charge on any atom is -0.508 e. The monoisotopic (exact) mass is 721 g/mol. The van der Waals surface area contributed by atoms with E-state index in [1.807, 2.05) is 60.1 Å². The first-order valence-electron chi connectivity index (χ1n) is 16.1. The lowest BCUT2D eigenvalue weighted by Gasteiger charge is -2.11. The summed E-state index contributed by atoms with van der Waals surface area (Å²) in [5.41, 5.74) is 9.88. The van der Waals surface area contributed by atoms with E-state index in [0.717, 1.165) is 85.8 Å². The second-order valence-electron chi connectivity index (χ2n) is 12.3. The van der Waals surface area contributed by atoms with Crippen LogP contribution >= 0.6 is 35.1 Å². The van der Waals surface area contributed by atoms with Crippen molar-refractivity contribution in [2.75, 3.05) is 14.2 Å². The van der Waals surface area contributed by atoms with Crippen LogP contribution in [-0.2, 0) is 65.0 Å². The van der Waals surface area contributed by atoms with Crippen LogP contribution in [0.15, 0.2) is 35.2 Å². The highest BCUT2D eigenvalue weighted by Gasteiger charge is 2.28. The van der Waals surface area contributed by atoms with E-state index in [2.05, 4.69) is 12.1 Å². The van der Waals surface area contributed by atoms with Crippen molar-refractivity contribution >= 4 is 58.0 Å². The van der Waals surface area contributed by atoms with E-state index in [-0.39, 0.29) is 18.9 Å². The first-order chi connectivity index (χ1) is 23.5. The summed E-state index contributed by atoms with van der Waals surface area (Å²) in [6.45, 7) is 4.14. The molecule has 0 spiro atoms. The van der Waals surface area contributed by atoms with Gasteiger partial charge in [-0.1, -0.05) is 11.6 Å². The maximum atomic E-state index is 13.0. The number of halogens is 1. The summed E-state index contributed by atoms with van der Waals surface area (Å²) < 4.78 is 15.6. The number of thioether (sulfide) groups is 2. The van der Waals surface area contributed by atoms with E-state index in [9.17, 15) is 14.7 Å². The molecule has 0 fully saturated rings. The Hall–Kier alpha value is -3.87. The van der Waals surface area contributed by atoms with Crippen molar-refractivity contribution in [1.29, 1.82) is 0 Å². The van der Waals surface area contributed by atoms with Crippen molar-refractivity contribution in [2.45, 2.75) is 68.2 Å². The molecule has 258 valence electrons. The average molecular weight is 722 g/mol. The van der Waals surface area contributed by atoms with Gasteiger partial charge < -0.3 is 19.1 Å². The summed E-state index contributed by atoms with van der Waals surface area (Å²) in [5, 5.41) is 21.5. The van der Waals surface area contributed by atoms with Crippen LogP contribution in [0.4, 0.5) is 0 Å². The van der Waals surface area contributed by atoms with E-state index in [1.165, 1.54) is 19.8 Å². The summed E-state index contributed by atoms with van der Waals surface area (Å²) >= 11 is 10.4. The number of aromatic hydroxyl groups is 1. The Morgan fingerprint density at radius 1 is 0.980 bits per heavy atom. The molecule has 0 radical (unpaired) electrons. The number of ether oxygens (including phenoxy) is 2. The molecule has 13 heteroatoms. The maximum absolute atomic E-state index is 13.0. The van der Waals surface area contributed by atoms with E-state index < -0.39 is 5.97 Å². The van der Waals surface area contributed by atoms with Crippen LogP contribution in [-0.4, -0.2) is 55.4 Å². The molecule has 2 aromatic carbocycles. The van der Waals surface area contributed by atoms with Gasteiger partial charge in [0, 0.05) is 81.2 Å². The Labute approximate surface area is 299 Å². The molecule has 0 saturated carbocycles. The van der Waals surface area contributed by atoms with Gasteiger partial charge >= 0.3 is 11.9 Å². The van der Waals surface area contributed by atoms with Crippen molar-refractivity contribution in [1.82, 2.24) is 24.1 Å². The number of phenolic OH excluding ortho intramolecular Hbond substituents is 1. The molecular weight excluding hydrogens is 682 g/mol. The zero-order valence-electron chi connectivity index (χ0n) is 28.6. The normalized spacial score (nSPS) is 12.6. The second kappa shape index (κ2) is 14.5. The fraction of sp³-hybridized carbons (Fsp3) is 0.389. The summed E-state index contributed by atoms with van der Waals surface area (Å²) in [5.74, 6) is 1.62. The van der Waals surface area contributed by atoms with Gasteiger partial charge in [-0.3, -0.25) is 14.2 Å². The molecule has 10 nitrogen and oxygen atoms in total. The molecule has 6 rings (SSSR count). The zero-order valence-corrected chi connectivity index (χ0v) is 30.9.